The summed E-state index contributed by atoms with van der Waals surface area (Å²) in [4.78, 5) is 0. The molecule has 0 saturated carbocycles. The van der Waals surface area contributed by atoms with E-state index in [1.54, 1.807) is 0 Å². The average molecular weight is 1030 g/mol. The number of rotatable bonds is 9. The predicted octanol–water partition coefficient (Wildman–Crippen LogP) is 20.6. The fourth-order valence-corrected chi connectivity index (χ4v) is 13.6. The van der Waals surface area contributed by atoms with Gasteiger partial charge >= 0.3 is 0 Å². The van der Waals surface area contributed by atoms with Crippen molar-refractivity contribution in [2.75, 3.05) is 0 Å². The highest BCUT2D eigenvalue weighted by atomic mass is 15.0. The van der Waals surface area contributed by atoms with E-state index in [1.165, 1.54) is 133 Å². The first-order valence-electron chi connectivity index (χ1n) is 28.1. The third-order valence-corrected chi connectivity index (χ3v) is 17.2. The monoisotopic (exact) mass is 1030 g/mol. The summed E-state index contributed by atoms with van der Waals surface area (Å²) < 4.78 is 4.87. The highest BCUT2D eigenvalue weighted by Crippen LogP contribution is 2.56. The quantitative estimate of drug-likeness (QED) is 0.136. The maximum absolute atomic E-state index is 2.46. The van der Waals surface area contributed by atoms with Crippen LogP contribution in [-0.2, 0) is 5.41 Å². The number of hydrogen-bond donors (Lipinski definition) is 0. The second kappa shape index (κ2) is 18.8. The van der Waals surface area contributed by atoms with Gasteiger partial charge in [-0.3, -0.25) is 0 Å². The van der Waals surface area contributed by atoms with Crippen LogP contribution in [0, 0.1) is 0 Å². The van der Waals surface area contributed by atoms with E-state index in [1.807, 2.05) is 0 Å². The molecule has 0 N–H and O–H groups in total. The molecule has 0 bridgehead atoms. The molecule has 15 aromatic rings. The molecule has 13 aromatic carbocycles. The van der Waals surface area contributed by atoms with Crippen molar-refractivity contribution >= 4 is 43.6 Å². The molecule has 2 heteroatoms. The first-order chi connectivity index (χ1) is 40.2. The molecule has 0 saturated heterocycles. The van der Waals surface area contributed by atoms with Crippen LogP contribution in [0.1, 0.15) is 22.3 Å². The van der Waals surface area contributed by atoms with Gasteiger partial charge in [0.25, 0.3) is 0 Å². The van der Waals surface area contributed by atoms with Gasteiger partial charge in [0.05, 0.1) is 33.2 Å². The lowest BCUT2D eigenvalue weighted by Gasteiger charge is -2.34. The third kappa shape index (κ3) is 7.42. The summed E-state index contributed by atoms with van der Waals surface area (Å²) in [6, 6.07) is 116. The van der Waals surface area contributed by atoms with E-state index in [0.717, 1.165) is 11.4 Å². The van der Waals surface area contributed by atoms with Crippen LogP contribution in [0.4, 0.5) is 0 Å². The maximum Gasteiger partial charge on any atom is 0.0713 e. The summed E-state index contributed by atoms with van der Waals surface area (Å²) in [7, 11) is 0. The van der Waals surface area contributed by atoms with E-state index in [0.29, 0.717) is 0 Å². The fraction of sp³-hybridized carbons (Fsp3) is 0.0127. The van der Waals surface area contributed by atoms with Gasteiger partial charge in [-0.2, -0.15) is 0 Å². The fourth-order valence-electron chi connectivity index (χ4n) is 13.6. The molecule has 2 aromatic heterocycles. The topological polar surface area (TPSA) is 9.86 Å². The first-order valence-corrected chi connectivity index (χ1v) is 28.1. The standard InChI is InChI=1S/C79H52N2/c1-3-19-53(20-4-1)59-22-18-26-64(50-59)80-75-35-15-10-30-68(75)70-51-60(45-47-77(70)80)61-46-48-78-71(52-61)69-31-11-16-36-76(69)81(78)74-34-14-9-27-65(74)57-43-41-55(42-44-57)54-37-39-56(40-38-54)58-21-17-25-63(49-58)79(62-23-5-2-6-24-62)72-32-12-7-28-66(72)67-29-8-13-33-73(67)79/h1-52H. The highest BCUT2D eigenvalue weighted by Gasteiger charge is 2.46. The molecule has 0 radical (unpaired) electrons. The summed E-state index contributed by atoms with van der Waals surface area (Å²) >= 11 is 0. The minimum absolute atomic E-state index is 0.435. The summed E-state index contributed by atoms with van der Waals surface area (Å²) in [5.74, 6) is 0. The highest BCUT2D eigenvalue weighted by molar-refractivity contribution is 6.13. The Balaban J connectivity index is 0.720. The van der Waals surface area contributed by atoms with Crippen LogP contribution in [0.3, 0.4) is 0 Å². The van der Waals surface area contributed by atoms with Gasteiger partial charge in [0, 0.05) is 32.8 Å². The molecule has 0 atom stereocenters. The lowest BCUT2D eigenvalue weighted by atomic mass is 9.67. The molecule has 2 nitrogen and oxygen atoms in total. The Morgan fingerprint density at radius 1 is 0.210 bits per heavy atom. The summed E-state index contributed by atoms with van der Waals surface area (Å²) in [6.07, 6.45) is 0. The van der Waals surface area contributed by atoms with Crippen molar-refractivity contribution in [2.45, 2.75) is 5.41 Å². The van der Waals surface area contributed by atoms with Crippen molar-refractivity contribution in [1.29, 1.82) is 0 Å². The number of benzene rings is 13. The van der Waals surface area contributed by atoms with E-state index in [-0.39, 0.29) is 0 Å². The Labute approximate surface area is 471 Å². The van der Waals surface area contributed by atoms with Crippen molar-refractivity contribution in [1.82, 2.24) is 9.13 Å². The number of hydrogen-bond acceptors (Lipinski definition) is 0. The maximum atomic E-state index is 2.46. The molecule has 1 aliphatic carbocycles. The van der Waals surface area contributed by atoms with Crippen LogP contribution in [0.2, 0.25) is 0 Å². The van der Waals surface area contributed by atoms with Crippen molar-refractivity contribution in [3.63, 3.8) is 0 Å². The average Bonchev–Trinajstić information content (AvgIpc) is 4.01. The van der Waals surface area contributed by atoms with E-state index in [9.17, 15) is 0 Å². The summed E-state index contributed by atoms with van der Waals surface area (Å²) in [5, 5.41) is 4.94. The molecule has 16 rings (SSSR count). The van der Waals surface area contributed by atoms with Crippen molar-refractivity contribution in [2.24, 2.45) is 0 Å². The molecule has 0 unspecified atom stereocenters. The van der Waals surface area contributed by atoms with Gasteiger partial charge in [-0.1, -0.05) is 255 Å². The molecule has 0 fully saturated rings. The van der Waals surface area contributed by atoms with Gasteiger partial charge in [0.15, 0.2) is 0 Å². The SMILES string of the molecule is c1ccc(-c2cccc(-n3c4ccccc4c4cc(-c5ccc6c(c5)c5ccccc5n6-c5ccccc5-c5ccc(-c6ccc(-c7cccc(C8(c9ccccc9)c9ccccc9-c9ccccc98)c7)cc6)cc5)ccc43)c2)cc1. The smallest absolute Gasteiger partial charge is 0.0713 e. The van der Waals surface area contributed by atoms with E-state index < -0.39 is 5.41 Å². The lowest BCUT2D eigenvalue weighted by Crippen LogP contribution is -2.28. The van der Waals surface area contributed by atoms with Crippen LogP contribution in [0.5, 0.6) is 0 Å². The zero-order valence-corrected chi connectivity index (χ0v) is 44.4. The molecule has 0 amide bonds. The number of aromatic nitrogens is 2. The van der Waals surface area contributed by atoms with E-state index in [4.69, 9.17) is 0 Å². The lowest BCUT2D eigenvalue weighted by molar-refractivity contribution is 0.769. The molecule has 0 aliphatic heterocycles. The number of fused-ring (bicyclic) bond motifs is 9. The van der Waals surface area contributed by atoms with Crippen LogP contribution in [-0.4, -0.2) is 9.13 Å². The summed E-state index contributed by atoms with van der Waals surface area (Å²) in [6.45, 7) is 0. The second-order valence-electron chi connectivity index (χ2n) is 21.5. The molecule has 2 heterocycles. The zero-order chi connectivity index (χ0) is 53.4. The molecule has 378 valence electrons. The van der Waals surface area contributed by atoms with Crippen molar-refractivity contribution in [3.05, 3.63) is 338 Å². The normalized spacial score (nSPS) is 12.5. The Hall–Kier alpha value is -10.5. The third-order valence-electron chi connectivity index (χ3n) is 17.2. The van der Waals surface area contributed by atoms with Gasteiger partial charge in [0.2, 0.25) is 0 Å². The van der Waals surface area contributed by atoms with Crippen molar-refractivity contribution in [3.8, 4) is 78.1 Å². The number of para-hydroxylation sites is 3. The molecule has 81 heavy (non-hydrogen) atoms. The van der Waals surface area contributed by atoms with Crippen LogP contribution in [0.15, 0.2) is 315 Å². The van der Waals surface area contributed by atoms with Crippen LogP contribution in [0.25, 0.3) is 122 Å². The Morgan fingerprint density at radius 2 is 0.605 bits per heavy atom. The Kier molecular flexibility index (Phi) is 10.8. The minimum Gasteiger partial charge on any atom is -0.309 e. The second-order valence-corrected chi connectivity index (χ2v) is 21.5. The van der Waals surface area contributed by atoms with Crippen LogP contribution < -0.4 is 0 Å². The van der Waals surface area contributed by atoms with E-state index >= 15 is 0 Å². The van der Waals surface area contributed by atoms with Gasteiger partial charge in [-0.15, -0.1) is 0 Å². The molecular formula is C79H52N2. The zero-order valence-electron chi connectivity index (χ0n) is 44.4. The largest absolute Gasteiger partial charge is 0.309 e. The van der Waals surface area contributed by atoms with Crippen molar-refractivity contribution < 1.29 is 0 Å². The number of nitrogens with zero attached hydrogens (tertiary/aromatic N) is 2. The van der Waals surface area contributed by atoms with Gasteiger partial charge in [0.1, 0.15) is 0 Å². The molecule has 1 aliphatic rings. The molecule has 0 spiro atoms. The summed E-state index contributed by atoms with van der Waals surface area (Å²) in [5.41, 5.74) is 26.4. The van der Waals surface area contributed by atoms with Crippen LogP contribution >= 0.6 is 0 Å². The van der Waals surface area contributed by atoms with Gasteiger partial charge in [-0.25, -0.2) is 0 Å². The predicted molar refractivity (Wildman–Crippen MR) is 340 cm³/mol. The Morgan fingerprint density at radius 3 is 1.23 bits per heavy atom. The first kappa shape index (κ1) is 46.5. The van der Waals surface area contributed by atoms with Gasteiger partial charge in [-0.05, 0) is 144 Å². The Bertz CT molecular complexity index is 4860. The van der Waals surface area contributed by atoms with Gasteiger partial charge < -0.3 is 9.13 Å². The minimum atomic E-state index is -0.435. The van der Waals surface area contributed by atoms with E-state index in [2.05, 4.69) is 325 Å². The molecular weight excluding hydrogens is 977 g/mol.